The van der Waals surface area contributed by atoms with E-state index in [9.17, 15) is 29.1 Å². The number of amides is 2. The molecule has 218 valence electrons. The molecule has 3 aliphatic carbocycles. The molecule has 1 saturated heterocycles. The molecule has 0 radical (unpaired) electrons. The van der Waals surface area contributed by atoms with E-state index in [4.69, 9.17) is 0 Å². The summed E-state index contributed by atoms with van der Waals surface area (Å²) >= 11 is 0. The number of carbonyl (C=O) groups excluding carboxylic acids is 5. The van der Waals surface area contributed by atoms with Gasteiger partial charge in [-0.2, -0.15) is 0 Å². The maximum Gasteiger partial charge on any atom is 0.238 e. The predicted molar refractivity (Wildman–Crippen MR) is 163 cm³/mol. The lowest BCUT2D eigenvalue weighted by atomic mass is 9.59. The highest BCUT2D eigenvalue weighted by Gasteiger charge is 2.56. The average molecular weight is 584 g/mol. The van der Waals surface area contributed by atoms with E-state index in [1.165, 1.54) is 11.0 Å². The lowest BCUT2D eigenvalue weighted by molar-refractivity contribution is -0.123. The molecule has 0 saturated carbocycles. The van der Waals surface area contributed by atoms with Crippen LogP contribution in [0.1, 0.15) is 52.7 Å². The van der Waals surface area contributed by atoms with Crippen molar-refractivity contribution in [2.24, 2.45) is 17.8 Å². The van der Waals surface area contributed by atoms with E-state index in [1.54, 1.807) is 80.6 Å². The number of anilines is 1. The number of imide groups is 1. The molecule has 44 heavy (non-hydrogen) atoms. The number of rotatable bonds is 4. The van der Waals surface area contributed by atoms with Crippen molar-refractivity contribution < 1.29 is 29.1 Å². The van der Waals surface area contributed by atoms with E-state index in [-0.39, 0.29) is 41.3 Å². The fourth-order valence-corrected chi connectivity index (χ4v) is 7.40. The van der Waals surface area contributed by atoms with E-state index >= 15 is 0 Å². The molecule has 3 aromatic carbocycles. The summed E-state index contributed by atoms with van der Waals surface area (Å²) in [7, 11) is 0. The topological polar surface area (TPSA) is 109 Å². The number of aromatic hydroxyl groups is 1. The van der Waals surface area contributed by atoms with Gasteiger partial charge in [-0.25, -0.2) is 0 Å². The second-order valence-electron chi connectivity index (χ2n) is 12.0. The van der Waals surface area contributed by atoms with Crippen LogP contribution in [-0.2, 0) is 19.2 Å². The molecule has 4 unspecified atom stereocenters. The third-order valence-electron chi connectivity index (χ3n) is 9.57. The summed E-state index contributed by atoms with van der Waals surface area (Å²) in [4.78, 5) is 69.0. The van der Waals surface area contributed by atoms with E-state index in [1.807, 2.05) is 12.1 Å². The van der Waals surface area contributed by atoms with Crippen LogP contribution in [-0.4, -0.2) is 34.3 Å². The Morgan fingerprint density at radius 1 is 0.818 bits per heavy atom. The Kier molecular flexibility index (Phi) is 6.43. The quantitative estimate of drug-likeness (QED) is 0.186. The number of Topliss-reactive ketones (excluding diaryl/α,β-unsaturated/α-hetero) is 1. The predicted octanol–water partition coefficient (Wildman–Crippen LogP) is 5.57. The lowest BCUT2D eigenvalue weighted by Gasteiger charge is -2.42. The van der Waals surface area contributed by atoms with Crippen LogP contribution in [0.5, 0.6) is 5.75 Å². The number of allylic oxidation sites excluding steroid dienone is 6. The molecule has 1 heterocycles. The van der Waals surface area contributed by atoms with Crippen molar-refractivity contribution in [3.63, 3.8) is 0 Å². The molecule has 4 atom stereocenters. The SMILES string of the molecule is CC1=CC(=O)C2=C(C1=O)C(c1cccc(C)c1O)C1=CCC3C(=O)N(c4ccc(C(=O)c5ccccc5)cc4)C(=O)C3C1C2. The van der Waals surface area contributed by atoms with Crippen LogP contribution in [0.15, 0.2) is 107 Å². The third-order valence-corrected chi connectivity index (χ3v) is 9.57. The number of para-hydroxylation sites is 1. The second kappa shape index (κ2) is 10.2. The number of hydrogen-bond donors (Lipinski definition) is 1. The van der Waals surface area contributed by atoms with Gasteiger partial charge in [0.05, 0.1) is 17.5 Å². The number of aryl methyl sites for hydroxylation is 1. The van der Waals surface area contributed by atoms with Gasteiger partial charge in [0.1, 0.15) is 5.75 Å². The van der Waals surface area contributed by atoms with Gasteiger partial charge in [-0.1, -0.05) is 60.2 Å². The highest BCUT2D eigenvalue weighted by atomic mass is 16.3. The lowest BCUT2D eigenvalue weighted by Crippen LogP contribution is -2.39. The van der Waals surface area contributed by atoms with Crippen LogP contribution in [0.4, 0.5) is 5.69 Å². The van der Waals surface area contributed by atoms with E-state index in [2.05, 4.69) is 0 Å². The van der Waals surface area contributed by atoms with Crippen LogP contribution in [0.25, 0.3) is 0 Å². The zero-order chi connectivity index (χ0) is 30.9. The van der Waals surface area contributed by atoms with Crippen LogP contribution >= 0.6 is 0 Å². The molecule has 7 rings (SSSR count). The van der Waals surface area contributed by atoms with Crippen LogP contribution in [0.2, 0.25) is 0 Å². The second-order valence-corrected chi connectivity index (χ2v) is 12.0. The number of hydrogen-bond acceptors (Lipinski definition) is 6. The molecule has 0 bridgehead atoms. The number of fused-ring (bicyclic) bond motifs is 3. The highest BCUT2D eigenvalue weighted by Crippen LogP contribution is 2.56. The monoisotopic (exact) mass is 583 g/mol. The minimum atomic E-state index is -0.730. The fourth-order valence-electron chi connectivity index (χ4n) is 7.40. The van der Waals surface area contributed by atoms with Gasteiger partial charge in [0.25, 0.3) is 0 Å². The van der Waals surface area contributed by atoms with Crippen molar-refractivity contribution >= 4 is 34.9 Å². The van der Waals surface area contributed by atoms with Crippen molar-refractivity contribution in [1.29, 1.82) is 0 Å². The zero-order valence-electron chi connectivity index (χ0n) is 24.2. The molecule has 7 heteroatoms. The van der Waals surface area contributed by atoms with Gasteiger partial charge in [0.15, 0.2) is 17.3 Å². The maximum atomic E-state index is 14.1. The molecular weight excluding hydrogens is 554 g/mol. The molecule has 1 N–H and O–H groups in total. The summed E-state index contributed by atoms with van der Waals surface area (Å²) in [5, 5.41) is 11.1. The van der Waals surface area contributed by atoms with Crippen molar-refractivity contribution in [3.05, 3.63) is 129 Å². The van der Waals surface area contributed by atoms with E-state index in [0.717, 1.165) is 5.57 Å². The Morgan fingerprint density at radius 3 is 2.25 bits per heavy atom. The smallest absolute Gasteiger partial charge is 0.238 e. The molecule has 1 aliphatic heterocycles. The van der Waals surface area contributed by atoms with Gasteiger partial charge in [0.2, 0.25) is 11.8 Å². The number of phenols is 1. The Morgan fingerprint density at radius 2 is 1.52 bits per heavy atom. The van der Waals surface area contributed by atoms with Gasteiger partial charge in [-0.05, 0) is 68.5 Å². The van der Waals surface area contributed by atoms with Crippen LogP contribution in [0.3, 0.4) is 0 Å². The Balaban J connectivity index is 1.27. The Hall–Kier alpha value is -5.17. The first-order valence-corrected chi connectivity index (χ1v) is 14.7. The van der Waals surface area contributed by atoms with Gasteiger partial charge in [-0.3, -0.25) is 28.9 Å². The molecular formula is C37H29NO6. The van der Waals surface area contributed by atoms with Gasteiger partial charge < -0.3 is 5.11 Å². The Labute approximate surface area is 254 Å². The summed E-state index contributed by atoms with van der Waals surface area (Å²) in [5.41, 5.74) is 4.33. The number of benzene rings is 3. The summed E-state index contributed by atoms with van der Waals surface area (Å²) in [6.07, 6.45) is 3.74. The number of ketones is 3. The minimum absolute atomic E-state index is 0.0427. The standard InChI is InChI=1S/C37H29NO6/c1-19-7-6-10-25(33(19)40)30-24-15-16-26-31(27(24)18-28-29(39)17-20(2)34(41)32(28)30)37(44)38(36(26)43)23-13-11-22(12-14-23)35(42)21-8-4-3-5-9-21/h3-15,17,26-27,30-31,40H,16,18H2,1-2H3. The average Bonchev–Trinajstić information content (AvgIpc) is 3.29. The van der Waals surface area contributed by atoms with Crippen molar-refractivity contribution in [3.8, 4) is 5.75 Å². The molecule has 3 aromatic rings. The largest absolute Gasteiger partial charge is 0.507 e. The fraction of sp³-hybridized carbons (Fsp3) is 0.216. The van der Waals surface area contributed by atoms with E-state index in [0.29, 0.717) is 51.1 Å². The summed E-state index contributed by atoms with van der Waals surface area (Å²) < 4.78 is 0. The first kappa shape index (κ1) is 27.7. The zero-order valence-corrected chi connectivity index (χ0v) is 24.2. The van der Waals surface area contributed by atoms with Gasteiger partial charge in [-0.15, -0.1) is 0 Å². The normalized spacial score (nSPS) is 24.5. The van der Waals surface area contributed by atoms with Gasteiger partial charge in [0, 0.05) is 39.3 Å². The van der Waals surface area contributed by atoms with E-state index < -0.39 is 23.7 Å². The van der Waals surface area contributed by atoms with Gasteiger partial charge >= 0.3 is 0 Å². The molecule has 4 aliphatic rings. The summed E-state index contributed by atoms with van der Waals surface area (Å²) in [5.74, 6) is -3.88. The first-order valence-electron chi connectivity index (χ1n) is 14.7. The summed E-state index contributed by atoms with van der Waals surface area (Å²) in [6, 6.07) is 20.7. The molecule has 0 aromatic heterocycles. The minimum Gasteiger partial charge on any atom is -0.507 e. The van der Waals surface area contributed by atoms with Crippen LogP contribution in [0, 0.1) is 24.7 Å². The van der Waals surface area contributed by atoms with Crippen molar-refractivity contribution in [1.82, 2.24) is 0 Å². The maximum absolute atomic E-state index is 14.1. The van der Waals surface area contributed by atoms with Crippen LogP contribution < -0.4 is 4.90 Å². The first-order chi connectivity index (χ1) is 21.2. The summed E-state index contributed by atoms with van der Waals surface area (Å²) in [6.45, 7) is 3.39. The molecule has 2 amide bonds. The Bertz CT molecular complexity index is 1900. The number of nitrogens with zero attached hydrogens (tertiary/aromatic N) is 1. The number of carbonyl (C=O) groups is 5. The number of phenolic OH excluding ortho intramolecular Hbond substituents is 1. The molecule has 0 spiro atoms. The molecule has 1 fully saturated rings. The van der Waals surface area contributed by atoms with Crippen molar-refractivity contribution in [2.75, 3.05) is 4.90 Å². The van der Waals surface area contributed by atoms with Crippen molar-refractivity contribution in [2.45, 2.75) is 32.6 Å². The third kappa shape index (κ3) is 4.07. The molecule has 7 nitrogen and oxygen atoms in total. The highest BCUT2D eigenvalue weighted by molar-refractivity contribution is 6.25.